The highest BCUT2D eigenvalue weighted by Crippen LogP contribution is 2.25. The smallest absolute Gasteiger partial charge is 0.387 e. The number of nitrogens with zero attached hydrogens (tertiary/aromatic N) is 1. The van der Waals surface area contributed by atoms with E-state index in [1.165, 1.54) is 30.0 Å². The monoisotopic (exact) mass is 398 g/mol. The van der Waals surface area contributed by atoms with Crippen molar-refractivity contribution in [1.29, 1.82) is 0 Å². The zero-order valence-corrected chi connectivity index (χ0v) is 15.8. The molecule has 7 nitrogen and oxygen atoms in total. The van der Waals surface area contributed by atoms with Crippen LogP contribution in [0.4, 0.5) is 8.78 Å². The van der Waals surface area contributed by atoms with Crippen LogP contribution in [0.25, 0.3) is 0 Å². The summed E-state index contributed by atoms with van der Waals surface area (Å²) < 4.78 is 29.6. The first kappa shape index (κ1) is 21.6. The summed E-state index contributed by atoms with van der Waals surface area (Å²) >= 11 is 0. The molecule has 0 radical (unpaired) electrons. The lowest BCUT2D eigenvalue weighted by Crippen LogP contribution is -2.55. The molecular weight excluding hydrogens is 374 g/mol. The lowest BCUT2D eigenvalue weighted by atomic mass is 9.93. The van der Waals surface area contributed by atoms with Gasteiger partial charge in [0.15, 0.2) is 0 Å². The zero-order chi connectivity index (χ0) is 20.9. The number of para-hydroxylation sites is 1. The lowest BCUT2D eigenvalue weighted by Gasteiger charge is -2.34. The number of hydrogen-bond acceptors (Lipinski definition) is 4. The fraction of sp³-hybridized carbons (Fsp3) is 0.526. The number of halogens is 2. The average Bonchev–Trinajstić information content (AvgIpc) is 2.67. The molecule has 2 unspecified atom stereocenters. The van der Waals surface area contributed by atoms with Gasteiger partial charge in [-0.15, -0.1) is 0 Å². The van der Waals surface area contributed by atoms with Gasteiger partial charge >= 0.3 is 12.6 Å². The summed E-state index contributed by atoms with van der Waals surface area (Å²) in [5, 5.41) is 11.9. The first-order valence-electron chi connectivity index (χ1n) is 9.06. The predicted octanol–water partition coefficient (Wildman–Crippen LogP) is 2.51. The van der Waals surface area contributed by atoms with Crippen LogP contribution in [0.1, 0.15) is 43.5 Å². The molecular formula is C19H24F2N2O5. The molecule has 0 aliphatic carbocycles. The molecule has 2 rings (SSSR count). The summed E-state index contributed by atoms with van der Waals surface area (Å²) in [7, 11) is 0. The average molecular weight is 398 g/mol. The van der Waals surface area contributed by atoms with E-state index in [1.54, 1.807) is 13.0 Å². The maximum Gasteiger partial charge on any atom is 0.387 e. The molecule has 0 bridgehead atoms. The van der Waals surface area contributed by atoms with E-state index in [2.05, 4.69) is 10.1 Å². The lowest BCUT2D eigenvalue weighted by molar-refractivity contribution is -0.148. The van der Waals surface area contributed by atoms with E-state index in [4.69, 9.17) is 0 Å². The molecule has 1 heterocycles. The van der Waals surface area contributed by atoms with Crippen molar-refractivity contribution in [3.8, 4) is 5.75 Å². The summed E-state index contributed by atoms with van der Waals surface area (Å²) in [6.45, 7) is 0.474. The van der Waals surface area contributed by atoms with Crippen molar-refractivity contribution < 1.29 is 33.0 Å². The number of hydrogen-bond donors (Lipinski definition) is 2. The molecule has 0 spiro atoms. The SMILES string of the molecule is CCC(C)(NC(=O)C1CCCN(C(=O)c2ccccc2OC(F)F)C1)C(=O)O. The number of benzene rings is 1. The van der Waals surface area contributed by atoms with Crippen LogP contribution in [-0.2, 0) is 9.59 Å². The molecule has 2 atom stereocenters. The second-order valence-electron chi connectivity index (χ2n) is 6.95. The Labute approximate surface area is 161 Å². The van der Waals surface area contributed by atoms with Gasteiger partial charge in [-0.1, -0.05) is 19.1 Å². The van der Waals surface area contributed by atoms with Gasteiger partial charge in [0, 0.05) is 13.1 Å². The fourth-order valence-corrected chi connectivity index (χ4v) is 3.06. The zero-order valence-electron chi connectivity index (χ0n) is 15.8. The molecule has 9 heteroatoms. The molecule has 1 saturated heterocycles. The van der Waals surface area contributed by atoms with Crippen molar-refractivity contribution in [2.45, 2.75) is 45.3 Å². The van der Waals surface area contributed by atoms with E-state index in [9.17, 15) is 28.3 Å². The molecule has 1 aromatic carbocycles. The number of carboxylic acid groups (broad SMARTS) is 1. The van der Waals surface area contributed by atoms with Gasteiger partial charge in [0.1, 0.15) is 11.3 Å². The normalized spacial score (nSPS) is 19.0. The summed E-state index contributed by atoms with van der Waals surface area (Å²) in [6.07, 6.45) is 1.25. The number of alkyl halides is 2. The van der Waals surface area contributed by atoms with E-state index in [0.717, 1.165) is 0 Å². The second kappa shape index (κ2) is 8.99. The van der Waals surface area contributed by atoms with Gasteiger partial charge in [0.05, 0.1) is 11.5 Å². The number of nitrogens with one attached hydrogen (secondary N) is 1. The third-order valence-electron chi connectivity index (χ3n) is 4.99. The van der Waals surface area contributed by atoms with Gasteiger partial charge in [-0.3, -0.25) is 9.59 Å². The molecule has 2 amide bonds. The Kier molecular flexibility index (Phi) is 6.93. The second-order valence-corrected chi connectivity index (χ2v) is 6.95. The van der Waals surface area contributed by atoms with E-state index in [-0.39, 0.29) is 24.3 Å². The molecule has 1 aliphatic rings. The van der Waals surface area contributed by atoms with Gasteiger partial charge in [-0.25, -0.2) is 4.79 Å². The number of carbonyl (C=O) groups excluding carboxylic acids is 2. The number of rotatable bonds is 7. The van der Waals surface area contributed by atoms with Gasteiger partial charge in [0.25, 0.3) is 5.91 Å². The molecule has 1 aromatic rings. The van der Waals surface area contributed by atoms with Crippen LogP contribution in [-0.4, -0.2) is 53.0 Å². The number of likely N-dealkylation sites (tertiary alicyclic amines) is 1. The number of carbonyl (C=O) groups is 3. The first-order valence-corrected chi connectivity index (χ1v) is 9.06. The maximum absolute atomic E-state index is 12.8. The third-order valence-corrected chi connectivity index (χ3v) is 4.99. The van der Waals surface area contributed by atoms with Crippen molar-refractivity contribution in [2.24, 2.45) is 5.92 Å². The molecule has 1 aliphatic heterocycles. The molecule has 154 valence electrons. The van der Waals surface area contributed by atoms with Crippen LogP contribution in [0.5, 0.6) is 5.75 Å². The highest BCUT2D eigenvalue weighted by Gasteiger charge is 2.37. The standard InChI is InChI=1S/C19H24F2N2O5/c1-3-19(2,17(26)27)22-15(24)12-7-6-10-23(11-12)16(25)13-8-4-5-9-14(13)28-18(20)21/h4-5,8-9,12,18H,3,6-7,10-11H2,1-2H3,(H,22,24)(H,26,27). The number of piperidine rings is 1. The Morgan fingerprint density at radius 3 is 2.64 bits per heavy atom. The predicted molar refractivity (Wildman–Crippen MR) is 96.2 cm³/mol. The van der Waals surface area contributed by atoms with Gasteiger partial charge < -0.3 is 20.1 Å². The molecule has 1 fully saturated rings. The Hall–Kier alpha value is -2.71. The minimum atomic E-state index is -3.06. The Morgan fingerprint density at radius 2 is 2.04 bits per heavy atom. The summed E-state index contributed by atoms with van der Waals surface area (Å²) in [5.74, 6) is -2.89. The van der Waals surface area contributed by atoms with Crippen LogP contribution in [0.2, 0.25) is 0 Å². The van der Waals surface area contributed by atoms with Crippen LogP contribution in [0.3, 0.4) is 0 Å². The summed E-state index contributed by atoms with van der Waals surface area (Å²) in [5.41, 5.74) is -1.39. The highest BCUT2D eigenvalue weighted by atomic mass is 19.3. The Bertz CT molecular complexity index is 743. The number of aliphatic carboxylic acids is 1. The van der Waals surface area contributed by atoms with Crippen molar-refractivity contribution >= 4 is 17.8 Å². The van der Waals surface area contributed by atoms with E-state index >= 15 is 0 Å². The Morgan fingerprint density at radius 1 is 1.36 bits per heavy atom. The summed E-state index contributed by atoms with van der Waals surface area (Å²) in [6, 6.07) is 5.70. The van der Waals surface area contributed by atoms with Crippen LogP contribution in [0, 0.1) is 5.92 Å². The quantitative estimate of drug-likeness (QED) is 0.736. The molecule has 28 heavy (non-hydrogen) atoms. The van der Waals surface area contributed by atoms with Gasteiger partial charge in [-0.2, -0.15) is 8.78 Å². The number of carboxylic acids is 1. The molecule has 0 saturated carbocycles. The third kappa shape index (κ3) is 4.96. The first-order chi connectivity index (χ1) is 13.2. The van der Waals surface area contributed by atoms with Crippen LogP contribution < -0.4 is 10.1 Å². The van der Waals surface area contributed by atoms with E-state index in [0.29, 0.717) is 19.4 Å². The van der Waals surface area contributed by atoms with Crippen molar-refractivity contribution in [1.82, 2.24) is 10.2 Å². The largest absolute Gasteiger partial charge is 0.480 e. The number of ether oxygens (including phenoxy) is 1. The van der Waals surface area contributed by atoms with Gasteiger partial charge in [-0.05, 0) is 38.3 Å². The molecule has 2 N–H and O–H groups in total. The number of amides is 2. The van der Waals surface area contributed by atoms with Crippen molar-refractivity contribution in [3.63, 3.8) is 0 Å². The van der Waals surface area contributed by atoms with E-state index in [1.807, 2.05) is 0 Å². The summed E-state index contributed by atoms with van der Waals surface area (Å²) in [4.78, 5) is 38.2. The van der Waals surface area contributed by atoms with Crippen LogP contribution in [0.15, 0.2) is 24.3 Å². The highest BCUT2D eigenvalue weighted by molar-refractivity contribution is 5.97. The minimum Gasteiger partial charge on any atom is -0.480 e. The van der Waals surface area contributed by atoms with E-state index < -0.39 is 35.9 Å². The topological polar surface area (TPSA) is 95.9 Å². The molecule has 0 aromatic heterocycles. The maximum atomic E-state index is 12.8. The van der Waals surface area contributed by atoms with Gasteiger partial charge in [0.2, 0.25) is 5.91 Å². The fourth-order valence-electron chi connectivity index (χ4n) is 3.06. The van der Waals surface area contributed by atoms with Crippen molar-refractivity contribution in [2.75, 3.05) is 13.1 Å². The Balaban J connectivity index is 2.12. The minimum absolute atomic E-state index is 0.00668. The van der Waals surface area contributed by atoms with Crippen LogP contribution >= 0.6 is 0 Å². The van der Waals surface area contributed by atoms with Crippen molar-refractivity contribution in [3.05, 3.63) is 29.8 Å².